The monoisotopic (exact) mass is 240 g/mol. The minimum absolute atomic E-state index is 0.0837. The number of nitrogens with zero attached hydrogens (tertiary/aromatic N) is 6. The normalized spacial score (nSPS) is 38.0. The molecule has 0 spiro atoms. The zero-order valence-electron chi connectivity index (χ0n) is 9.42. The number of azide groups is 2. The fourth-order valence-electron chi connectivity index (χ4n) is 2.03. The Hall–Kier alpha value is -1.50. The van der Waals surface area contributed by atoms with Crippen LogP contribution < -0.4 is 0 Å². The standard InChI is InChI=1S/C8H12N6O3/c1-8(2)16-6-5(12-14-10)4(3-11-13-9)15-7(6)17-8/h4-7H,3H2,1-2H3. The second kappa shape index (κ2) is 4.40. The molecule has 2 saturated heterocycles. The van der Waals surface area contributed by atoms with Gasteiger partial charge in [0.25, 0.3) is 0 Å². The second-order valence-electron chi connectivity index (χ2n) is 4.25. The Balaban J connectivity index is 2.15. The quantitative estimate of drug-likeness (QED) is 0.424. The third-order valence-corrected chi connectivity index (χ3v) is 2.62. The van der Waals surface area contributed by atoms with E-state index in [1.165, 1.54) is 0 Å². The Kier molecular flexibility index (Phi) is 3.10. The number of ether oxygens (including phenoxy) is 3. The van der Waals surface area contributed by atoms with Gasteiger partial charge < -0.3 is 14.2 Å². The van der Waals surface area contributed by atoms with Crippen LogP contribution in [-0.2, 0) is 14.2 Å². The lowest BCUT2D eigenvalue weighted by Crippen LogP contribution is -2.34. The van der Waals surface area contributed by atoms with Crippen LogP contribution in [0.4, 0.5) is 0 Å². The summed E-state index contributed by atoms with van der Waals surface area (Å²) in [6.07, 6.45) is -1.55. The van der Waals surface area contributed by atoms with E-state index in [9.17, 15) is 0 Å². The van der Waals surface area contributed by atoms with Crippen LogP contribution in [0, 0.1) is 0 Å². The molecule has 4 atom stereocenters. The van der Waals surface area contributed by atoms with Crippen LogP contribution in [0.2, 0.25) is 0 Å². The molecule has 0 saturated carbocycles. The summed E-state index contributed by atoms with van der Waals surface area (Å²) >= 11 is 0. The lowest BCUT2D eigenvalue weighted by atomic mass is 10.1. The molecule has 9 nitrogen and oxygen atoms in total. The molecule has 0 N–H and O–H groups in total. The molecule has 2 heterocycles. The SMILES string of the molecule is CC1(C)OC2OC(CN=[N+]=[N-])C(N=[N+]=[N-])C2O1. The van der Waals surface area contributed by atoms with Crippen molar-refractivity contribution in [2.45, 2.75) is 44.2 Å². The first-order valence-electron chi connectivity index (χ1n) is 5.13. The molecule has 9 heteroatoms. The topological polar surface area (TPSA) is 125 Å². The van der Waals surface area contributed by atoms with Gasteiger partial charge in [-0.1, -0.05) is 10.2 Å². The molecule has 0 bridgehead atoms. The fourth-order valence-corrected chi connectivity index (χ4v) is 2.03. The van der Waals surface area contributed by atoms with Crippen molar-refractivity contribution in [2.75, 3.05) is 6.54 Å². The molecule has 0 aromatic carbocycles. The number of hydrogen-bond donors (Lipinski definition) is 0. The molecular weight excluding hydrogens is 228 g/mol. The maximum absolute atomic E-state index is 8.52. The van der Waals surface area contributed by atoms with Gasteiger partial charge in [-0.3, -0.25) is 0 Å². The van der Waals surface area contributed by atoms with Crippen molar-refractivity contribution in [3.63, 3.8) is 0 Å². The minimum atomic E-state index is -0.762. The molecule has 4 unspecified atom stereocenters. The molecule has 0 aliphatic carbocycles. The number of fused-ring (bicyclic) bond motifs is 1. The van der Waals surface area contributed by atoms with Crippen molar-refractivity contribution in [3.8, 4) is 0 Å². The molecule has 2 rings (SSSR count). The van der Waals surface area contributed by atoms with Crippen LogP contribution in [0.15, 0.2) is 10.2 Å². The average Bonchev–Trinajstić information content (AvgIpc) is 2.70. The van der Waals surface area contributed by atoms with Crippen LogP contribution in [-0.4, -0.2) is 36.9 Å². The van der Waals surface area contributed by atoms with Gasteiger partial charge in [0.1, 0.15) is 6.10 Å². The predicted octanol–water partition coefficient (Wildman–Crippen LogP) is 1.85. The summed E-state index contributed by atoms with van der Waals surface area (Å²) in [6, 6.07) is -0.544. The lowest BCUT2D eigenvalue weighted by molar-refractivity contribution is -0.205. The van der Waals surface area contributed by atoms with Crippen molar-refractivity contribution in [1.82, 2.24) is 0 Å². The maximum Gasteiger partial charge on any atom is 0.187 e. The van der Waals surface area contributed by atoms with E-state index in [4.69, 9.17) is 25.3 Å². The van der Waals surface area contributed by atoms with Gasteiger partial charge in [-0.2, -0.15) is 0 Å². The molecular formula is C8H12N6O3. The highest BCUT2D eigenvalue weighted by Gasteiger charge is 2.54. The van der Waals surface area contributed by atoms with Gasteiger partial charge in [0.2, 0.25) is 0 Å². The summed E-state index contributed by atoms with van der Waals surface area (Å²) in [4.78, 5) is 5.40. The van der Waals surface area contributed by atoms with E-state index in [2.05, 4.69) is 20.1 Å². The van der Waals surface area contributed by atoms with Crippen LogP contribution >= 0.6 is 0 Å². The summed E-state index contributed by atoms with van der Waals surface area (Å²) in [5.41, 5.74) is 16.8. The van der Waals surface area contributed by atoms with Crippen molar-refractivity contribution in [2.24, 2.45) is 10.2 Å². The van der Waals surface area contributed by atoms with Gasteiger partial charge in [-0.15, -0.1) is 0 Å². The zero-order chi connectivity index (χ0) is 12.5. The van der Waals surface area contributed by atoms with Gasteiger partial charge in [0.05, 0.1) is 18.7 Å². The maximum atomic E-state index is 8.52. The molecule has 92 valence electrons. The summed E-state index contributed by atoms with van der Waals surface area (Å²) in [5.74, 6) is -0.762. The van der Waals surface area contributed by atoms with Gasteiger partial charge in [0, 0.05) is 9.82 Å². The molecule has 2 aliphatic heterocycles. The van der Waals surface area contributed by atoms with Crippen molar-refractivity contribution >= 4 is 0 Å². The summed E-state index contributed by atoms with van der Waals surface area (Å²) in [6.45, 7) is 3.59. The average molecular weight is 240 g/mol. The van der Waals surface area contributed by atoms with Gasteiger partial charge in [-0.25, -0.2) is 0 Å². The van der Waals surface area contributed by atoms with Crippen LogP contribution in [0.25, 0.3) is 20.9 Å². The highest BCUT2D eigenvalue weighted by molar-refractivity contribution is 4.98. The van der Waals surface area contributed by atoms with E-state index in [1.807, 2.05) is 0 Å². The van der Waals surface area contributed by atoms with E-state index in [0.717, 1.165) is 0 Å². The summed E-state index contributed by atoms with van der Waals surface area (Å²) in [5, 5.41) is 7.04. The van der Waals surface area contributed by atoms with Gasteiger partial charge in [0.15, 0.2) is 12.1 Å². The molecule has 0 aromatic heterocycles. The highest BCUT2D eigenvalue weighted by Crippen LogP contribution is 2.38. The lowest BCUT2D eigenvalue weighted by Gasteiger charge is -2.22. The fraction of sp³-hybridized carbons (Fsp3) is 1.00. The molecule has 2 fully saturated rings. The van der Waals surface area contributed by atoms with E-state index < -0.39 is 30.3 Å². The number of rotatable bonds is 3. The first-order valence-corrected chi connectivity index (χ1v) is 5.13. The molecule has 0 aromatic rings. The van der Waals surface area contributed by atoms with Crippen LogP contribution in [0.1, 0.15) is 13.8 Å². The largest absolute Gasteiger partial charge is 0.346 e. The Morgan fingerprint density at radius 2 is 2.00 bits per heavy atom. The Morgan fingerprint density at radius 1 is 1.24 bits per heavy atom. The van der Waals surface area contributed by atoms with Crippen LogP contribution in [0.5, 0.6) is 0 Å². The van der Waals surface area contributed by atoms with E-state index in [0.29, 0.717) is 0 Å². The highest BCUT2D eigenvalue weighted by atomic mass is 16.8. The van der Waals surface area contributed by atoms with Crippen molar-refractivity contribution in [1.29, 1.82) is 0 Å². The minimum Gasteiger partial charge on any atom is -0.346 e. The Labute approximate surface area is 96.9 Å². The summed E-state index contributed by atoms with van der Waals surface area (Å²) in [7, 11) is 0. The third-order valence-electron chi connectivity index (χ3n) is 2.62. The van der Waals surface area contributed by atoms with E-state index in [-0.39, 0.29) is 6.54 Å². The van der Waals surface area contributed by atoms with Crippen LogP contribution in [0.3, 0.4) is 0 Å². The Morgan fingerprint density at radius 3 is 2.65 bits per heavy atom. The van der Waals surface area contributed by atoms with Crippen molar-refractivity contribution < 1.29 is 14.2 Å². The first kappa shape index (κ1) is 12.0. The number of hydrogen-bond acceptors (Lipinski definition) is 5. The summed E-state index contributed by atoms with van der Waals surface area (Å²) < 4.78 is 16.6. The zero-order valence-corrected chi connectivity index (χ0v) is 9.42. The smallest absolute Gasteiger partial charge is 0.187 e. The third kappa shape index (κ3) is 2.28. The molecule has 17 heavy (non-hydrogen) atoms. The van der Waals surface area contributed by atoms with Gasteiger partial charge in [-0.05, 0) is 24.9 Å². The second-order valence-corrected chi connectivity index (χ2v) is 4.25. The molecule has 0 amide bonds. The van der Waals surface area contributed by atoms with E-state index >= 15 is 0 Å². The van der Waals surface area contributed by atoms with E-state index in [1.54, 1.807) is 13.8 Å². The van der Waals surface area contributed by atoms with Gasteiger partial charge >= 0.3 is 0 Å². The first-order chi connectivity index (χ1) is 8.07. The molecule has 2 aliphatic rings. The van der Waals surface area contributed by atoms with Crippen molar-refractivity contribution in [3.05, 3.63) is 20.9 Å². The predicted molar refractivity (Wildman–Crippen MR) is 55.6 cm³/mol. The molecule has 0 radical (unpaired) electrons. The Bertz CT molecular complexity index is 400.